The zero-order valence-corrected chi connectivity index (χ0v) is 12.6. The first kappa shape index (κ1) is 14.8. The molecule has 0 saturated heterocycles. The van der Waals surface area contributed by atoms with Gasteiger partial charge >= 0.3 is 5.97 Å². The molecule has 2 aromatic rings. The predicted molar refractivity (Wildman–Crippen MR) is 89.2 cm³/mol. The number of allylic oxidation sites excluding steroid dienone is 2. The van der Waals surface area contributed by atoms with Gasteiger partial charge in [0.15, 0.2) is 5.70 Å². The second-order valence-electron chi connectivity index (χ2n) is 4.86. The van der Waals surface area contributed by atoms with Crippen LogP contribution in [0.4, 0.5) is 0 Å². The molecule has 0 spiro atoms. The van der Waals surface area contributed by atoms with E-state index in [0.717, 1.165) is 5.56 Å². The van der Waals surface area contributed by atoms with Crippen molar-refractivity contribution in [2.24, 2.45) is 4.99 Å². The van der Waals surface area contributed by atoms with E-state index in [0.29, 0.717) is 11.3 Å². The lowest BCUT2D eigenvalue weighted by Crippen LogP contribution is -2.05. The molecule has 1 heterocycles. The van der Waals surface area contributed by atoms with Crippen molar-refractivity contribution in [2.45, 2.75) is 0 Å². The maximum absolute atomic E-state index is 11.9. The standard InChI is InChI=1S/C19H15NO3/c1-22-16-11-6-10-15(13-16)18-20-17(19(21)23-18)12-5-9-14-7-3-2-4-8-14/h2-13H,1H3/b9-5+,17-12-. The van der Waals surface area contributed by atoms with Gasteiger partial charge in [0, 0.05) is 5.56 Å². The van der Waals surface area contributed by atoms with Crippen molar-refractivity contribution >= 4 is 17.9 Å². The zero-order chi connectivity index (χ0) is 16.1. The molecule has 114 valence electrons. The van der Waals surface area contributed by atoms with Crippen LogP contribution in [0.1, 0.15) is 11.1 Å². The number of cyclic esters (lactones) is 1. The van der Waals surface area contributed by atoms with Crippen molar-refractivity contribution in [3.8, 4) is 5.75 Å². The molecule has 4 heteroatoms. The van der Waals surface area contributed by atoms with Crippen molar-refractivity contribution in [2.75, 3.05) is 7.11 Å². The first-order chi connectivity index (χ1) is 11.3. The fourth-order valence-corrected chi connectivity index (χ4v) is 2.12. The Morgan fingerprint density at radius 3 is 2.70 bits per heavy atom. The molecule has 0 radical (unpaired) electrons. The Balaban J connectivity index is 1.80. The maximum Gasteiger partial charge on any atom is 0.363 e. The molecule has 0 fully saturated rings. The fraction of sp³-hybridized carbons (Fsp3) is 0.0526. The second kappa shape index (κ2) is 6.75. The van der Waals surface area contributed by atoms with Gasteiger partial charge in [-0.3, -0.25) is 0 Å². The lowest BCUT2D eigenvalue weighted by molar-refractivity contribution is -0.130. The highest BCUT2D eigenvalue weighted by Crippen LogP contribution is 2.20. The van der Waals surface area contributed by atoms with E-state index in [1.807, 2.05) is 54.6 Å². The van der Waals surface area contributed by atoms with E-state index >= 15 is 0 Å². The summed E-state index contributed by atoms with van der Waals surface area (Å²) in [5.41, 5.74) is 2.02. The third kappa shape index (κ3) is 3.55. The van der Waals surface area contributed by atoms with Gasteiger partial charge in [0.05, 0.1) is 7.11 Å². The van der Waals surface area contributed by atoms with E-state index in [1.165, 1.54) is 0 Å². The van der Waals surface area contributed by atoms with Gasteiger partial charge in [0.1, 0.15) is 5.75 Å². The van der Waals surface area contributed by atoms with Crippen LogP contribution in [0.5, 0.6) is 5.75 Å². The summed E-state index contributed by atoms with van der Waals surface area (Å²) in [7, 11) is 1.58. The first-order valence-corrected chi connectivity index (χ1v) is 7.15. The number of benzene rings is 2. The van der Waals surface area contributed by atoms with E-state index in [4.69, 9.17) is 9.47 Å². The summed E-state index contributed by atoms with van der Waals surface area (Å²) < 4.78 is 10.4. The molecule has 1 aliphatic heterocycles. The van der Waals surface area contributed by atoms with Crippen molar-refractivity contribution < 1.29 is 14.3 Å². The molecule has 4 nitrogen and oxygen atoms in total. The molecule has 3 rings (SSSR count). The number of carbonyl (C=O) groups excluding carboxylic acids is 1. The highest BCUT2D eigenvalue weighted by atomic mass is 16.6. The van der Waals surface area contributed by atoms with E-state index in [-0.39, 0.29) is 11.6 Å². The number of carbonyl (C=O) groups is 1. The maximum atomic E-state index is 11.9. The number of methoxy groups -OCH3 is 1. The van der Waals surface area contributed by atoms with Gasteiger partial charge in [-0.25, -0.2) is 9.79 Å². The van der Waals surface area contributed by atoms with Crippen LogP contribution in [0.2, 0.25) is 0 Å². The third-order valence-electron chi connectivity index (χ3n) is 3.28. The summed E-state index contributed by atoms with van der Waals surface area (Å²) in [5.74, 6) is 0.511. The Hall–Kier alpha value is -3.14. The van der Waals surface area contributed by atoms with Gasteiger partial charge in [-0.1, -0.05) is 48.6 Å². The van der Waals surface area contributed by atoms with Gasteiger partial charge < -0.3 is 9.47 Å². The van der Waals surface area contributed by atoms with Gasteiger partial charge in [-0.2, -0.15) is 0 Å². The van der Waals surface area contributed by atoms with Crippen LogP contribution in [0.15, 0.2) is 77.4 Å². The average molecular weight is 305 g/mol. The number of esters is 1. The number of ether oxygens (including phenoxy) is 2. The monoisotopic (exact) mass is 305 g/mol. The predicted octanol–water partition coefficient (Wildman–Crippen LogP) is 3.60. The first-order valence-electron chi connectivity index (χ1n) is 7.15. The molecule has 0 saturated carbocycles. The van der Waals surface area contributed by atoms with Crippen LogP contribution in [-0.4, -0.2) is 19.0 Å². The summed E-state index contributed by atoms with van der Waals surface area (Å²) in [6.45, 7) is 0. The molecule has 1 aliphatic rings. The molecule has 0 aliphatic carbocycles. The molecular weight excluding hydrogens is 290 g/mol. The number of rotatable bonds is 4. The highest BCUT2D eigenvalue weighted by molar-refractivity contribution is 6.11. The van der Waals surface area contributed by atoms with E-state index in [1.54, 1.807) is 25.3 Å². The number of hydrogen-bond donors (Lipinski definition) is 0. The smallest absolute Gasteiger partial charge is 0.363 e. The summed E-state index contributed by atoms with van der Waals surface area (Å²) in [5, 5.41) is 0. The minimum atomic E-state index is -0.458. The largest absolute Gasteiger partial charge is 0.497 e. The van der Waals surface area contributed by atoms with Crippen molar-refractivity contribution in [1.29, 1.82) is 0 Å². The van der Waals surface area contributed by atoms with Crippen LogP contribution in [0.25, 0.3) is 6.08 Å². The Morgan fingerprint density at radius 2 is 1.91 bits per heavy atom. The van der Waals surface area contributed by atoms with Gasteiger partial charge in [-0.15, -0.1) is 0 Å². The van der Waals surface area contributed by atoms with E-state index in [2.05, 4.69) is 4.99 Å². The van der Waals surface area contributed by atoms with Gasteiger partial charge in [0.25, 0.3) is 0 Å². The quantitative estimate of drug-likeness (QED) is 0.640. The number of aliphatic imine (C=N–C) groups is 1. The fourth-order valence-electron chi connectivity index (χ4n) is 2.12. The highest BCUT2D eigenvalue weighted by Gasteiger charge is 2.23. The number of hydrogen-bond acceptors (Lipinski definition) is 4. The minimum absolute atomic E-state index is 0.273. The molecule has 2 aromatic carbocycles. The lowest BCUT2D eigenvalue weighted by Gasteiger charge is -2.02. The molecule has 0 unspecified atom stereocenters. The van der Waals surface area contributed by atoms with Crippen LogP contribution < -0.4 is 4.74 Å². The summed E-state index contributed by atoms with van der Waals surface area (Å²) in [4.78, 5) is 16.1. The minimum Gasteiger partial charge on any atom is -0.497 e. The molecule has 0 aromatic heterocycles. The Labute approximate surface area is 134 Å². The van der Waals surface area contributed by atoms with E-state index in [9.17, 15) is 4.79 Å². The molecule has 23 heavy (non-hydrogen) atoms. The zero-order valence-electron chi connectivity index (χ0n) is 12.6. The Bertz CT molecular complexity index is 804. The molecule has 0 amide bonds. The van der Waals surface area contributed by atoms with Crippen molar-refractivity contribution in [3.63, 3.8) is 0 Å². The second-order valence-corrected chi connectivity index (χ2v) is 4.86. The van der Waals surface area contributed by atoms with Crippen LogP contribution in [-0.2, 0) is 9.53 Å². The molecular formula is C19H15NO3. The van der Waals surface area contributed by atoms with Gasteiger partial charge in [0.2, 0.25) is 5.90 Å². The molecule has 0 N–H and O–H groups in total. The van der Waals surface area contributed by atoms with Gasteiger partial charge in [-0.05, 0) is 29.8 Å². The Kier molecular flexibility index (Phi) is 4.34. The van der Waals surface area contributed by atoms with Crippen molar-refractivity contribution in [3.05, 3.63) is 83.6 Å². The Morgan fingerprint density at radius 1 is 1.09 bits per heavy atom. The lowest BCUT2D eigenvalue weighted by atomic mass is 10.2. The normalized spacial score (nSPS) is 15.8. The van der Waals surface area contributed by atoms with E-state index < -0.39 is 5.97 Å². The van der Waals surface area contributed by atoms with Crippen LogP contribution >= 0.6 is 0 Å². The summed E-state index contributed by atoms with van der Waals surface area (Å²) in [6.07, 6.45) is 5.33. The SMILES string of the molecule is COc1cccc(C2=N/C(=C\C=C\c3ccccc3)C(=O)O2)c1. The average Bonchev–Trinajstić information content (AvgIpc) is 2.97. The topological polar surface area (TPSA) is 47.9 Å². The summed E-state index contributed by atoms with van der Waals surface area (Å²) >= 11 is 0. The summed E-state index contributed by atoms with van der Waals surface area (Å²) in [6, 6.07) is 17.0. The third-order valence-corrected chi connectivity index (χ3v) is 3.28. The number of nitrogens with zero attached hydrogens (tertiary/aromatic N) is 1. The molecule has 0 bridgehead atoms. The van der Waals surface area contributed by atoms with Crippen LogP contribution in [0, 0.1) is 0 Å². The van der Waals surface area contributed by atoms with Crippen LogP contribution in [0.3, 0.4) is 0 Å². The molecule has 0 atom stereocenters. The van der Waals surface area contributed by atoms with Crippen molar-refractivity contribution in [1.82, 2.24) is 0 Å².